The van der Waals surface area contributed by atoms with Gasteiger partial charge < -0.3 is 5.32 Å². The van der Waals surface area contributed by atoms with E-state index in [2.05, 4.69) is 23.0 Å². The van der Waals surface area contributed by atoms with Gasteiger partial charge in [0.1, 0.15) is 0 Å². The minimum atomic E-state index is 0.527. The van der Waals surface area contributed by atoms with Crippen LogP contribution in [0.3, 0.4) is 0 Å². The molecule has 5 heteroatoms. The molecular formula is C13H12Cl3NS. The highest BCUT2D eigenvalue weighted by atomic mass is 35.5. The van der Waals surface area contributed by atoms with Crippen LogP contribution >= 0.6 is 46.1 Å². The average Bonchev–Trinajstić information content (AvgIpc) is 2.74. The second kappa shape index (κ2) is 6.27. The van der Waals surface area contributed by atoms with Crippen molar-refractivity contribution in [3.63, 3.8) is 0 Å². The van der Waals surface area contributed by atoms with Gasteiger partial charge in [-0.2, -0.15) is 11.3 Å². The quantitative estimate of drug-likeness (QED) is 0.753. The number of hydrogen-bond acceptors (Lipinski definition) is 2. The zero-order valence-corrected chi connectivity index (χ0v) is 12.9. The minimum absolute atomic E-state index is 0.527. The Morgan fingerprint density at radius 2 is 1.78 bits per heavy atom. The van der Waals surface area contributed by atoms with Gasteiger partial charge in [-0.15, -0.1) is 0 Å². The lowest BCUT2D eigenvalue weighted by atomic mass is 10.2. The molecule has 0 amide bonds. The van der Waals surface area contributed by atoms with Crippen LogP contribution < -0.4 is 5.32 Å². The Bertz CT molecular complexity index is 551. The molecule has 96 valence electrons. The molecule has 2 rings (SSSR count). The summed E-state index contributed by atoms with van der Waals surface area (Å²) >= 11 is 19.9. The maximum absolute atomic E-state index is 6.14. The van der Waals surface area contributed by atoms with Crippen LogP contribution in [0.2, 0.25) is 15.1 Å². The van der Waals surface area contributed by atoms with E-state index in [0.717, 1.165) is 12.1 Å². The van der Waals surface area contributed by atoms with Crippen molar-refractivity contribution in [2.24, 2.45) is 0 Å². The SMILES string of the molecule is Cc1cscc1CNCc1c(Cl)ccc(Cl)c1Cl. The van der Waals surface area contributed by atoms with Gasteiger partial charge in [-0.3, -0.25) is 0 Å². The number of halogens is 3. The minimum Gasteiger partial charge on any atom is -0.308 e. The summed E-state index contributed by atoms with van der Waals surface area (Å²) in [6, 6.07) is 3.47. The summed E-state index contributed by atoms with van der Waals surface area (Å²) in [5.74, 6) is 0. The van der Waals surface area contributed by atoms with Crippen molar-refractivity contribution in [3.05, 3.63) is 54.7 Å². The van der Waals surface area contributed by atoms with E-state index in [9.17, 15) is 0 Å². The lowest BCUT2D eigenvalue weighted by Crippen LogP contribution is -2.13. The second-order valence-electron chi connectivity index (χ2n) is 4.01. The molecule has 0 aliphatic heterocycles. The molecule has 18 heavy (non-hydrogen) atoms. The van der Waals surface area contributed by atoms with Gasteiger partial charge in [0.15, 0.2) is 0 Å². The topological polar surface area (TPSA) is 12.0 Å². The zero-order valence-electron chi connectivity index (χ0n) is 9.77. The van der Waals surface area contributed by atoms with Gasteiger partial charge in [-0.25, -0.2) is 0 Å². The third kappa shape index (κ3) is 3.19. The number of thiophene rings is 1. The van der Waals surface area contributed by atoms with Crippen LogP contribution in [-0.2, 0) is 13.1 Å². The summed E-state index contributed by atoms with van der Waals surface area (Å²) in [5.41, 5.74) is 3.45. The molecule has 1 aromatic heterocycles. The van der Waals surface area contributed by atoms with Gasteiger partial charge in [0.25, 0.3) is 0 Å². The lowest BCUT2D eigenvalue weighted by Gasteiger charge is -2.10. The van der Waals surface area contributed by atoms with Crippen molar-refractivity contribution >= 4 is 46.1 Å². The number of hydrogen-bond donors (Lipinski definition) is 1. The lowest BCUT2D eigenvalue weighted by molar-refractivity contribution is 0.693. The Labute approximate surface area is 126 Å². The van der Waals surface area contributed by atoms with Gasteiger partial charge in [0.2, 0.25) is 0 Å². The van der Waals surface area contributed by atoms with Crippen molar-refractivity contribution in [2.45, 2.75) is 20.0 Å². The van der Waals surface area contributed by atoms with E-state index in [4.69, 9.17) is 34.8 Å². The number of nitrogens with one attached hydrogen (secondary N) is 1. The molecule has 0 fully saturated rings. The molecule has 1 nitrogen and oxygen atoms in total. The van der Waals surface area contributed by atoms with Crippen LogP contribution in [0.25, 0.3) is 0 Å². The highest BCUT2D eigenvalue weighted by molar-refractivity contribution is 7.08. The molecule has 1 heterocycles. The first-order valence-corrected chi connectivity index (χ1v) is 7.52. The molecular weight excluding hydrogens is 309 g/mol. The highest BCUT2D eigenvalue weighted by Gasteiger charge is 2.09. The maximum Gasteiger partial charge on any atom is 0.0652 e. The van der Waals surface area contributed by atoms with Crippen LogP contribution in [0.4, 0.5) is 0 Å². The molecule has 0 bridgehead atoms. The summed E-state index contributed by atoms with van der Waals surface area (Å²) in [6.07, 6.45) is 0. The summed E-state index contributed by atoms with van der Waals surface area (Å²) in [6.45, 7) is 3.51. The van der Waals surface area contributed by atoms with Gasteiger partial charge in [-0.05, 0) is 40.9 Å². The standard InChI is InChI=1S/C13H12Cl3NS/c1-8-6-18-7-9(8)4-17-5-10-11(14)2-3-12(15)13(10)16/h2-3,6-7,17H,4-5H2,1H3. The Hall–Kier alpha value is -0.250. The van der Waals surface area contributed by atoms with Crippen molar-refractivity contribution in [3.8, 4) is 0 Å². The molecule has 0 aliphatic rings. The van der Waals surface area contributed by atoms with Gasteiger partial charge in [0.05, 0.1) is 10.0 Å². The van der Waals surface area contributed by atoms with Crippen molar-refractivity contribution in [1.29, 1.82) is 0 Å². The van der Waals surface area contributed by atoms with E-state index in [1.165, 1.54) is 11.1 Å². The first kappa shape index (κ1) is 14.2. The molecule has 0 spiro atoms. The third-order valence-corrected chi connectivity index (χ3v) is 4.83. The molecule has 0 unspecified atom stereocenters. The fraction of sp³-hybridized carbons (Fsp3) is 0.231. The molecule has 0 aliphatic carbocycles. The first-order chi connectivity index (χ1) is 8.59. The zero-order chi connectivity index (χ0) is 13.1. The van der Waals surface area contributed by atoms with E-state index in [1.807, 2.05) is 0 Å². The largest absolute Gasteiger partial charge is 0.308 e. The van der Waals surface area contributed by atoms with E-state index < -0.39 is 0 Å². The van der Waals surface area contributed by atoms with E-state index in [1.54, 1.807) is 23.5 Å². The van der Waals surface area contributed by atoms with Crippen LogP contribution in [-0.4, -0.2) is 0 Å². The van der Waals surface area contributed by atoms with Gasteiger partial charge >= 0.3 is 0 Å². The predicted octanol–water partition coefficient (Wildman–Crippen LogP) is 5.31. The third-order valence-electron chi connectivity index (χ3n) is 2.72. The Morgan fingerprint density at radius 1 is 1.06 bits per heavy atom. The van der Waals surface area contributed by atoms with E-state index in [-0.39, 0.29) is 0 Å². The molecule has 1 aromatic carbocycles. The number of rotatable bonds is 4. The van der Waals surface area contributed by atoms with Gasteiger partial charge in [0, 0.05) is 23.7 Å². The fourth-order valence-electron chi connectivity index (χ4n) is 1.62. The smallest absolute Gasteiger partial charge is 0.0652 e. The van der Waals surface area contributed by atoms with Crippen molar-refractivity contribution in [2.75, 3.05) is 0 Å². The van der Waals surface area contributed by atoms with Crippen LogP contribution in [0.15, 0.2) is 22.9 Å². The second-order valence-corrected chi connectivity index (χ2v) is 5.94. The predicted molar refractivity (Wildman–Crippen MR) is 81.1 cm³/mol. The van der Waals surface area contributed by atoms with Crippen molar-refractivity contribution < 1.29 is 0 Å². The monoisotopic (exact) mass is 319 g/mol. The maximum atomic E-state index is 6.14. The summed E-state index contributed by atoms with van der Waals surface area (Å²) < 4.78 is 0. The van der Waals surface area contributed by atoms with E-state index >= 15 is 0 Å². The van der Waals surface area contributed by atoms with Crippen LogP contribution in [0.1, 0.15) is 16.7 Å². The number of aryl methyl sites for hydroxylation is 1. The molecule has 0 radical (unpaired) electrons. The Kier molecular flexibility index (Phi) is 4.93. The Balaban J connectivity index is 2.03. The summed E-state index contributed by atoms with van der Waals surface area (Å²) in [4.78, 5) is 0. The molecule has 1 N–H and O–H groups in total. The molecule has 0 saturated heterocycles. The van der Waals surface area contributed by atoms with Crippen molar-refractivity contribution in [1.82, 2.24) is 5.32 Å². The Morgan fingerprint density at radius 3 is 2.44 bits per heavy atom. The normalized spacial score (nSPS) is 10.9. The van der Waals surface area contributed by atoms with E-state index in [0.29, 0.717) is 21.6 Å². The first-order valence-electron chi connectivity index (χ1n) is 5.44. The highest BCUT2D eigenvalue weighted by Crippen LogP contribution is 2.31. The van der Waals surface area contributed by atoms with Crippen LogP contribution in [0.5, 0.6) is 0 Å². The molecule has 0 atom stereocenters. The fourth-order valence-corrected chi connectivity index (χ4v) is 3.16. The molecule has 2 aromatic rings. The number of benzene rings is 1. The van der Waals surface area contributed by atoms with Gasteiger partial charge in [-0.1, -0.05) is 34.8 Å². The molecule has 0 saturated carbocycles. The summed E-state index contributed by atoms with van der Waals surface area (Å²) in [7, 11) is 0. The summed E-state index contributed by atoms with van der Waals surface area (Å²) in [5, 5.41) is 9.31. The average molecular weight is 321 g/mol. The van der Waals surface area contributed by atoms with Crippen LogP contribution in [0, 0.1) is 6.92 Å².